The SMILES string of the molecule is Cc1cc(C(=O)CCC(=O)N(C)CC(=O)Nc2cccc(C)c2C)c(C)s1. The van der Waals surface area contributed by atoms with Crippen LogP contribution >= 0.6 is 11.3 Å². The van der Waals surface area contributed by atoms with Crippen molar-refractivity contribution in [3.8, 4) is 0 Å². The summed E-state index contributed by atoms with van der Waals surface area (Å²) in [5, 5.41) is 2.84. The highest BCUT2D eigenvalue weighted by molar-refractivity contribution is 7.12. The van der Waals surface area contributed by atoms with E-state index < -0.39 is 0 Å². The van der Waals surface area contributed by atoms with E-state index in [0.717, 1.165) is 26.6 Å². The number of hydrogen-bond acceptors (Lipinski definition) is 4. The molecule has 6 heteroatoms. The van der Waals surface area contributed by atoms with E-state index in [9.17, 15) is 14.4 Å². The number of amides is 2. The monoisotopic (exact) mass is 386 g/mol. The molecule has 0 unspecified atom stereocenters. The maximum Gasteiger partial charge on any atom is 0.243 e. The van der Waals surface area contributed by atoms with Gasteiger partial charge in [0.15, 0.2) is 5.78 Å². The molecule has 0 spiro atoms. The molecule has 2 rings (SSSR count). The summed E-state index contributed by atoms with van der Waals surface area (Å²) in [7, 11) is 1.58. The van der Waals surface area contributed by atoms with E-state index in [2.05, 4.69) is 5.32 Å². The van der Waals surface area contributed by atoms with E-state index in [1.54, 1.807) is 18.4 Å². The lowest BCUT2D eigenvalue weighted by Gasteiger charge is -2.17. The molecular weight excluding hydrogens is 360 g/mol. The Bertz CT molecular complexity index is 870. The van der Waals surface area contributed by atoms with Crippen molar-refractivity contribution in [3.05, 3.63) is 50.7 Å². The molecule has 1 N–H and O–H groups in total. The summed E-state index contributed by atoms with van der Waals surface area (Å²) in [5.74, 6) is -0.502. The minimum atomic E-state index is -0.254. The van der Waals surface area contributed by atoms with Gasteiger partial charge in [-0.3, -0.25) is 14.4 Å². The Labute approximate surface area is 164 Å². The van der Waals surface area contributed by atoms with Crippen LogP contribution in [0.15, 0.2) is 24.3 Å². The Morgan fingerprint density at radius 3 is 2.41 bits per heavy atom. The molecule has 0 atom stereocenters. The second kappa shape index (κ2) is 8.95. The Morgan fingerprint density at radius 2 is 1.78 bits per heavy atom. The molecule has 144 valence electrons. The number of nitrogens with one attached hydrogen (secondary N) is 1. The Morgan fingerprint density at radius 1 is 1.07 bits per heavy atom. The highest BCUT2D eigenvalue weighted by atomic mass is 32.1. The summed E-state index contributed by atoms with van der Waals surface area (Å²) >= 11 is 1.58. The average Bonchev–Trinajstić information content (AvgIpc) is 2.94. The molecule has 2 aromatic rings. The molecule has 0 saturated carbocycles. The molecule has 0 saturated heterocycles. The highest BCUT2D eigenvalue weighted by Crippen LogP contribution is 2.22. The van der Waals surface area contributed by atoms with Crippen molar-refractivity contribution in [3.63, 3.8) is 0 Å². The second-order valence-corrected chi connectivity index (χ2v) is 8.26. The van der Waals surface area contributed by atoms with Crippen molar-refractivity contribution >= 4 is 34.6 Å². The minimum Gasteiger partial charge on any atom is -0.336 e. The van der Waals surface area contributed by atoms with Gasteiger partial charge in [-0.25, -0.2) is 0 Å². The lowest BCUT2D eigenvalue weighted by atomic mass is 10.1. The lowest BCUT2D eigenvalue weighted by molar-refractivity contribution is -0.133. The zero-order valence-electron chi connectivity index (χ0n) is 16.5. The molecule has 0 aliphatic rings. The number of nitrogens with zero attached hydrogens (tertiary/aromatic N) is 1. The van der Waals surface area contributed by atoms with E-state index >= 15 is 0 Å². The predicted octanol–water partition coefficient (Wildman–Crippen LogP) is 4.04. The van der Waals surface area contributed by atoms with Crippen LogP contribution in [0, 0.1) is 27.7 Å². The number of ketones is 1. The quantitative estimate of drug-likeness (QED) is 0.730. The normalized spacial score (nSPS) is 10.6. The van der Waals surface area contributed by atoms with E-state index in [4.69, 9.17) is 0 Å². The Kier molecular flexibility index (Phi) is 6.91. The molecule has 0 aliphatic carbocycles. The molecule has 0 radical (unpaired) electrons. The Balaban J connectivity index is 1.86. The van der Waals surface area contributed by atoms with Gasteiger partial charge in [0.1, 0.15) is 0 Å². The van der Waals surface area contributed by atoms with Crippen LogP contribution in [0.2, 0.25) is 0 Å². The Hall–Kier alpha value is -2.47. The van der Waals surface area contributed by atoms with Crippen LogP contribution in [0.5, 0.6) is 0 Å². The maximum atomic E-state index is 12.3. The molecular formula is C21H26N2O3S. The van der Waals surface area contributed by atoms with Crippen LogP contribution in [0.25, 0.3) is 0 Å². The van der Waals surface area contributed by atoms with E-state index in [1.807, 2.05) is 52.0 Å². The van der Waals surface area contributed by atoms with Crippen molar-refractivity contribution in [1.82, 2.24) is 4.90 Å². The number of anilines is 1. The lowest BCUT2D eigenvalue weighted by Crippen LogP contribution is -2.35. The van der Waals surface area contributed by atoms with Gasteiger partial charge >= 0.3 is 0 Å². The number of carbonyl (C=O) groups is 3. The van der Waals surface area contributed by atoms with Gasteiger partial charge in [0.25, 0.3) is 0 Å². The van der Waals surface area contributed by atoms with Gasteiger partial charge in [0.2, 0.25) is 11.8 Å². The summed E-state index contributed by atoms with van der Waals surface area (Å²) in [4.78, 5) is 40.2. The standard InChI is InChI=1S/C21H26N2O3S/c1-13-7-6-8-18(15(13)3)22-20(25)12-23(5)21(26)10-9-19(24)17-11-14(2)27-16(17)4/h6-8,11H,9-10,12H2,1-5H3,(H,22,25). The number of carbonyl (C=O) groups excluding carboxylic acids is 3. The minimum absolute atomic E-state index is 0.0292. The van der Waals surface area contributed by atoms with Gasteiger partial charge in [-0.2, -0.15) is 0 Å². The van der Waals surface area contributed by atoms with Crippen molar-refractivity contribution in [2.24, 2.45) is 0 Å². The van der Waals surface area contributed by atoms with E-state index in [-0.39, 0.29) is 37.0 Å². The maximum absolute atomic E-state index is 12.3. The number of Topliss-reactive ketones (excluding diaryl/α,β-unsaturated/α-hetero) is 1. The van der Waals surface area contributed by atoms with Crippen LogP contribution in [0.4, 0.5) is 5.69 Å². The summed E-state index contributed by atoms with van der Waals surface area (Å²) in [6.45, 7) is 7.75. The first-order valence-electron chi connectivity index (χ1n) is 8.89. The highest BCUT2D eigenvalue weighted by Gasteiger charge is 2.17. The number of benzene rings is 1. The molecule has 1 aromatic carbocycles. The zero-order valence-corrected chi connectivity index (χ0v) is 17.3. The fraction of sp³-hybridized carbons (Fsp3) is 0.381. The third-order valence-electron chi connectivity index (χ3n) is 4.59. The number of hydrogen-bond donors (Lipinski definition) is 1. The van der Waals surface area contributed by atoms with Crippen LogP contribution in [0.3, 0.4) is 0 Å². The number of aryl methyl sites for hydroxylation is 3. The van der Waals surface area contributed by atoms with Crippen molar-refractivity contribution < 1.29 is 14.4 Å². The molecule has 0 aliphatic heterocycles. The zero-order chi connectivity index (χ0) is 20.1. The van der Waals surface area contributed by atoms with Gasteiger partial charge in [0.05, 0.1) is 6.54 Å². The number of thiophene rings is 1. The molecule has 5 nitrogen and oxygen atoms in total. The van der Waals surface area contributed by atoms with Crippen LogP contribution < -0.4 is 5.32 Å². The summed E-state index contributed by atoms with van der Waals surface area (Å²) < 4.78 is 0. The molecule has 1 heterocycles. The van der Waals surface area contributed by atoms with Crippen LogP contribution in [-0.2, 0) is 9.59 Å². The van der Waals surface area contributed by atoms with Gasteiger partial charge in [0, 0.05) is 40.9 Å². The number of rotatable bonds is 7. The average molecular weight is 387 g/mol. The topological polar surface area (TPSA) is 66.5 Å². The van der Waals surface area contributed by atoms with Crippen molar-refractivity contribution in [1.29, 1.82) is 0 Å². The van der Waals surface area contributed by atoms with Gasteiger partial charge < -0.3 is 10.2 Å². The summed E-state index contributed by atoms with van der Waals surface area (Å²) in [5.41, 5.74) is 3.54. The smallest absolute Gasteiger partial charge is 0.243 e. The van der Waals surface area contributed by atoms with Crippen LogP contribution in [0.1, 0.15) is 44.1 Å². The van der Waals surface area contributed by atoms with Crippen molar-refractivity contribution in [2.75, 3.05) is 18.9 Å². The van der Waals surface area contributed by atoms with Gasteiger partial charge in [-0.05, 0) is 51.0 Å². The van der Waals surface area contributed by atoms with Gasteiger partial charge in [-0.15, -0.1) is 11.3 Å². The molecule has 1 aromatic heterocycles. The summed E-state index contributed by atoms with van der Waals surface area (Å²) in [6.07, 6.45) is 0.249. The van der Waals surface area contributed by atoms with E-state index in [0.29, 0.717) is 5.56 Å². The first-order chi connectivity index (χ1) is 12.7. The first kappa shape index (κ1) is 20.8. The number of likely N-dealkylation sites (N-methyl/N-ethyl adjacent to an activating group) is 1. The third kappa shape index (κ3) is 5.50. The van der Waals surface area contributed by atoms with E-state index in [1.165, 1.54) is 4.90 Å². The van der Waals surface area contributed by atoms with Crippen molar-refractivity contribution in [2.45, 2.75) is 40.5 Å². The second-order valence-electron chi connectivity index (χ2n) is 6.80. The molecule has 0 fully saturated rings. The molecule has 2 amide bonds. The molecule has 0 bridgehead atoms. The fourth-order valence-corrected chi connectivity index (χ4v) is 3.78. The predicted molar refractivity (Wildman–Crippen MR) is 110 cm³/mol. The van der Waals surface area contributed by atoms with Gasteiger partial charge in [-0.1, -0.05) is 12.1 Å². The molecule has 27 heavy (non-hydrogen) atoms. The van der Waals surface area contributed by atoms with Crippen LogP contribution in [-0.4, -0.2) is 36.1 Å². The largest absolute Gasteiger partial charge is 0.336 e. The first-order valence-corrected chi connectivity index (χ1v) is 9.71. The third-order valence-corrected chi connectivity index (χ3v) is 5.56. The fourth-order valence-electron chi connectivity index (χ4n) is 2.83. The summed E-state index contributed by atoms with van der Waals surface area (Å²) in [6, 6.07) is 7.57.